The van der Waals surface area contributed by atoms with Gasteiger partial charge in [0, 0.05) is 13.1 Å². The minimum atomic E-state index is -0.891. The van der Waals surface area contributed by atoms with Crippen LogP contribution in [0.2, 0.25) is 0 Å². The number of benzene rings is 1. The van der Waals surface area contributed by atoms with E-state index in [0.717, 1.165) is 12.1 Å². The van der Waals surface area contributed by atoms with E-state index in [0.29, 0.717) is 19.4 Å². The quantitative estimate of drug-likeness (QED) is 0.805. The normalized spacial score (nSPS) is 18.4. The summed E-state index contributed by atoms with van der Waals surface area (Å²) in [5, 5.41) is 0. The molecular weight excluding hydrogens is 280 g/mol. The van der Waals surface area contributed by atoms with Crippen molar-refractivity contribution in [1.82, 2.24) is 4.90 Å². The fraction of sp³-hybridized carbons (Fsp3) is 0.467. The number of rotatable bonds is 3. The average Bonchev–Trinajstić information content (AvgIpc) is 2.47. The van der Waals surface area contributed by atoms with Gasteiger partial charge in [-0.15, -0.1) is 0 Å². The highest BCUT2D eigenvalue weighted by atomic mass is 19.1. The minimum absolute atomic E-state index is 0.130. The van der Waals surface area contributed by atoms with Crippen molar-refractivity contribution in [3.8, 4) is 0 Å². The zero-order valence-corrected chi connectivity index (χ0v) is 11.8. The van der Waals surface area contributed by atoms with Crippen molar-refractivity contribution in [3.63, 3.8) is 0 Å². The first-order valence-electron chi connectivity index (χ1n) is 6.94. The molecule has 21 heavy (non-hydrogen) atoms. The van der Waals surface area contributed by atoms with Gasteiger partial charge in [0.1, 0.15) is 17.2 Å². The Bertz CT molecular complexity index is 527. The highest BCUT2D eigenvalue weighted by Crippen LogP contribution is 2.22. The summed E-state index contributed by atoms with van der Waals surface area (Å²) >= 11 is 0. The molecule has 0 aromatic heterocycles. The molecule has 1 aromatic rings. The van der Waals surface area contributed by atoms with E-state index >= 15 is 0 Å². The van der Waals surface area contributed by atoms with Gasteiger partial charge in [-0.05, 0) is 31.9 Å². The molecular formula is C15H17F2NO3. The predicted molar refractivity (Wildman–Crippen MR) is 71.6 cm³/mol. The Morgan fingerprint density at radius 3 is 2.62 bits per heavy atom. The smallest absolute Gasteiger partial charge is 0.310 e. The first-order chi connectivity index (χ1) is 10.0. The molecule has 0 radical (unpaired) electrons. The average molecular weight is 297 g/mol. The van der Waals surface area contributed by atoms with Crippen LogP contribution < -0.4 is 0 Å². The fourth-order valence-corrected chi connectivity index (χ4v) is 2.47. The second-order valence-corrected chi connectivity index (χ2v) is 4.94. The van der Waals surface area contributed by atoms with Crippen LogP contribution in [0.15, 0.2) is 18.2 Å². The molecule has 0 spiro atoms. The standard InChI is InChI=1S/C15H17F2NO3/c1-2-21-15(20)10-5-4-8-18(9-10)14(19)13-11(16)6-3-7-12(13)17/h3,6-7,10H,2,4-5,8-9H2,1H3/t10-/m0/s1. The Morgan fingerprint density at radius 1 is 1.33 bits per heavy atom. The second kappa shape index (κ2) is 6.65. The number of hydrogen-bond donors (Lipinski definition) is 0. The molecule has 1 amide bonds. The van der Waals surface area contributed by atoms with Gasteiger partial charge in [0.15, 0.2) is 0 Å². The summed E-state index contributed by atoms with van der Waals surface area (Å²) in [6.07, 6.45) is 1.22. The molecule has 0 N–H and O–H groups in total. The Balaban J connectivity index is 2.14. The number of nitrogens with zero attached hydrogens (tertiary/aromatic N) is 1. The van der Waals surface area contributed by atoms with E-state index in [-0.39, 0.29) is 19.1 Å². The van der Waals surface area contributed by atoms with Gasteiger partial charge in [-0.3, -0.25) is 9.59 Å². The number of esters is 1. The molecule has 0 aliphatic carbocycles. The van der Waals surface area contributed by atoms with E-state index in [9.17, 15) is 18.4 Å². The van der Waals surface area contributed by atoms with Gasteiger partial charge in [0.2, 0.25) is 0 Å². The third-order valence-corrected chi connectivity index (χ3v) is 3.51. The fourth-order valence-electron chi connectivity index (χ4n) is 2.47. The van der Waals surface area contributed by atoms with Gasteiger partial charge in [-0.25, -0.2) is 8.78 Å². The van der Waals surface area contributed by atoms with Crippen molar-refractivity contribution < 1.29 is 23.1 Å². The number of carbonyl (C=O) groups excluding carboxylic acids is 2. The second-order valence-electron chi connectivity index (χ2n) is 4.94. The molecule has 114 valence electrons. The molecule has 1 aliphatic heterocycles. The maximum atomic E-state index is 13.7. The number of hydrogen-bond acceptors (Lipinski definition) is 3. The van der Waals surface area contributed by atoms with E-state index in [1.807, 2.05) is 0 Å². The number of likely N-dealkylation sites (tertiary alicyclic amines) is 1. The van der Waals surface area contributed by atoms with Crippen LogP contribution in [0.3, 0.4) is 0 Å². The van der Waals surface area contributed by atoms with Gasteiger partial charge in [-0.1, -0.05) is 6.07 Å². The Labute approximate surface area is 121 Å². The van der Waals surface area contributed by atoms with E-state index in [1.54, 1.807) is 6.92 Å². The largest absolute Gasteiger partial charge is 0.466 e. The zero-order chi connectivity index (χ0) is 15.4. The molecule has 1 aromatic carbocycles. The Morgan fingerprint density at radius 2 is 2.00 bits per heavy atom. The minimum Gasteiger partial charge on any atom is -0.466 e. The van der Waals surface area contributed by atoms with Crippen LogP contribution >= 0.6 is 0 Å². The van der Waals surface area contributed by atoms with Crippen LogP contribution in [0.5, 0.6) is 0 Å². The predicted octanol–water partition coefficient (Wildman–Crippen LogP) is 2.38. The molecule has 0 saturated carbocycles. The van der Waals surface area contributed by atoms with Crippen molar-refractivity contribution in [3.05, 3.63) is 35.4 Å². The highest BCUT2D eigenvalue weighted by molar-refractivity contribution is 5.95. The Hall–Kier alpha value is -1.98. The summed E-state index contributed by atoms with van der Waals surface area (Å²) < 4.78 is 32.2. The maximum Gasteiger partial charge on any atom is 0.310 e. The van der Waals surface area contributed by atoms with Crippen molar-refractivity contribution in [2.24, 2.45) is 5.92 Å². The van der Waals surface area contributed by atoms with Crippen LogP contribution in [-0.2, 0) is 9.53 Å². The van der Waals surface area contributed by atoms with Crippen LogP contribution in [-0.4, -0.2) is 36.5 Å². The van der Waals surface area contributed by atoms with Crippen molar-refractivity contribution >= 4 is 11.9 Å². The van der Waals surface area contributed by atoms with Crippen molar-refractivity contribution in [1.29, 1.82) is 0 Å². The first-order valence-corrected chi connectivity index (χ1v) is 6.94. The maximum absolute atomic E-state index is 13.7. The van der Waals surface area contributed by atoms with Crippen LogP contribution in [0.4, 0.5) is 8.78 Å². The lowest BCUT2D eigenvalue weighted by molar-refractivity contribution is -0.149. The molecule has 1 atom stereocenters. The summed E-state index contributed by atoms with van der Waals surface area (Å²) in [7, 11) is 0. The lowest BCUT2D eigenvalue weighted by Crippen LogP contribution is -2.43. The molecule has 2 rings (SSSR count). The van der Waals surface area contributed by atoms with Crippen LogP contribution in [0.1, 0.15) is 30.1 Å². The third-order valence-electron chi connectivity index (χ3n) is 3.51. The number of amides is 1. The van der Waals surface area contributed by atoms with Gasteiger partial charge in [0.05, 0.1) is 12.5 Å². The van der Waals surface area contributed by atoms with Crippen molar-refractivity contribution in [2.45, 2.75) is 19.8 Å². The molecule has 1 heterocycles. The molecule has 1 aliphatic rings. The molecule has 0 unspecified atom stereocenters. The molecule has 0 bridgehead atoms. The summed E-state index contributed by atoms with van der Waals surface area (Å²) in [4.78, 5) is 25.3. The molecule has 6 heteroatoms. The number of halogens is 2. The van der Waals surface area contributed by atoms with Gasteiger partial charge in [0.25, 0.3) is 5.91 Å². The highest BCUT2D eigenvalue weighted by Gasteiger charge is 2.31. The van der Waals surface area contributed by atoms with Crippen LogP contribution in [0, 0.1) is 17.6 Å². The number of carbonyl (C=O) groups is 2. The SMILES string of the molecule is CCOC(=O)[C@H]1CCCN(C(=O)c2c(F)cccc2F)C1. The molecule has 1 saturated heterocycles. The summed E-state index contributed by atoms with van der Waals surface area (Å²) in [5.41, 5.74) is -0.568. The summed E-state index contributed by atoms with van der Waals surface area (Å²) in [5.74, 6) is -3.31. The lowest BCUT2D eigenvalue weighted by Gasteiger charge is -2.31. The summed E-state index contributed by atoms with van der Waals surface area (Å²) in [6, 6.07) is 3.30. The number of piperidine rings is 1. The summed E-state index contributed by atoms with van der Waals surface area (Å²) in [6.45, 7) is 2.48. The lowest BCUT2D eigenvalue weighted by atomic mass is 9.97. The van der Waals surface area contributed by atoms with Crippen molar-refractivity contribution in [2.75, 3.05) is 19.7 Å². The van der Waals surface area contributed by atoms with E-state index in [2.05, 4.69) is 0 Å². The Kier molecular flexibility index (Phi) is 4.88. The third kappa shape index (κ3) is 3.37. The van der Waals surface area contributed by atoms with E-state index < -0.39 is 29.0 Å². The zero-order valence-electron chi connectivity index (χ0n) is 11.8. The monoisotopic (exact) mass is 297 g/mol. The molecule has 4 nitrogen and oxygen atoms in total. The van der Waals surface area contributed by atoms with E-state index in [1.165, 1.54) is 11.0 Å². The van der Waals surface area contributed by atoms with Gasteiger partial charge >= 0.3 is 5.97 Å². The van der Waals surface area contributed by atoms with Gasteiger partial charge in [-0.2, -0.15) is 0 Å². The topological polar surface area (TPSA) is 46.6 Å². The molecule has 1 fully saturated rings. The number of ether oxygens (including phenoxy) is 1. The van der Waals surface area contributed by atoms with E-state index in [4.69, 9.17) is 4.74 Å². The first kappa shape index (κ1) is 15.4. The van der Waals surface area contributed by atoms with Crippen LogP contribution in [0.25, 0.3) is 0 Å². The van der Waals surface area contributed by atoms with Gasteiger partial charge < -0.3 is 9.64 Å².